The van der Waals surface area contributed by atoms with Crippen molar-refractivity contribution >= 4 is 29.2 Å². The lowest BCUT2D eigenvalue weighted by Gasteiger charge is -1.51. The standard InChI is InChI=1S/C3H3ClS/c4-2-1-3-5/h1-3H. The number of thiocarbonyl (C=S) groups is 1. The number of hydrogen-bond donors (Lipinski definition) is 0. The first kappa shape index (κ1) is 5.12. The summed E-state index contributed by atoms with van der Waals surface area (Å²) >= 11 is 9.38. The molecule has 2 heteroatoms. The summed E-state index contributed by atoms with van der Waals surface area (Å²) in [5.74, 6) is 0. The van der Waals surface area contributed by atoms with E-state index < -0.39 is 0 Å². The summed E-state index contributed by atoms with van der Waals surface area (Å²) in [5.41, 5.74) is 1.37. The van der Waals surface area contributed by atoms with Gasteiger partial charge in [0.15, 0.2) is 0 Å². The lowest BCUT2D eigenvalue weighted by molar-refractivity contribution is 2.45. The first-order chi connectivity index (χ1) is 2.41. The van der Waals surface area contributed by atoms with Crippen molar-refractivity contribution < 1.29 is 0 Å². The van der Waals surface area contributed by atoms with Crippen LogP contribution in [0.25, 0.3) is 0 Å². The van der Waals surface area contributed by atoms with Crippen molar-refractivity contribution in [1.29, 1.82) is 0 Å². The highest BCUT2D eigenvalue weighted by Gasteiger charge is 1.46. The third kappa shape index (κ3) is 4.12. The molecule has 0 unspecified atom stereocenters. The van der Waals surface area contributed by atoms with Crippen molar-refractivity contribution in [3.63, 3.8) is 0 Å². The fourth-order valence-corrected chi connectivity index (χ4v) is 0.267. The maximum absolute atomic E-state index is 5.02. The third-order valence-corrected chi connectivity index (χ3v) is 0.454. The third-order valence-electron chi connectivity index (χ3n) is 0.151. The Kier molecular flexibility index (Phi) is 4.22. The van der Waals surface area contributed by atoms with Gasteiger partial charge in [0, 0.05) is 10.9 Å². The van der Waals surface area contributed by atoms with Gasteiger partial charge in [0.2, 0.25) is 0 Å². The molecular weight excluding hydrogens is 104 g/mol. The molecule has 0 amide bonds. The SMILES string of the molecule is S=CC=CCl. The molecule has 28 valence electrons. The van der Waals surface area contributed by atoms with Gasteiger partial charge >= 0.3 is 0 Å². The van der Waals surface area contributed by atoms with Crippen LogP contribution in [0.4, 0.5) is 0 Å². The Bertz CT molecular complexity index is 48.9. The van der Waals surface area contributed by atoms with Crippen molar-refractivity contribution in [2.45, 2.75) is 0 Å². The fourth-order valence-electron chi connectivity index (χ4n) is 0.0297. The van der Waals surface area contributed by atoms with Crippen molar-refractivity contribution in [2.24, 2.45) is 0 Å². The van der Waals surface area contributed by atoms with Crippen LogP contribution in [-0.2, 0) is 0 Å². The van der Waals surface area contributed by atoms with Gasteiger partial charge in [-0.3, -0.25) is 0 Å². The Morgan fingerprint density at radius 1 is 1.60 bits per heavy atom. The molecule has 5 heavy (non-hydrogen) atoms. The fraction of sp³-hybridized carbons (Fsp3) is 0. The van der Waals surface area contributed by atoms with Crippen LogP contribution in [0.2, 0.25) is 0 Å². The molecule has 0 spiro atoms. The van der Waals surface area contributed by atoms with E-state index in [0.717, 1.165) is 0 Å². The van der Waals surface area contributed by atoms with Gasteiger partial charge in [-0.15, -0.1) is 0 Å². The van der Waals surface area contributed by atoms with Crippen molar-refractivity contribution in [1.82, 2.24) is 0 Å². The monoisotopic (exact) mass is 106 g/mol. The van der Waals surface area contributed by atoms with Crippen LogP contribution in [0.1, 0.15) is 0 Å². The second-order valence-corrected chi connectivity index (χ2v) is 0.979. The lowest BCUT2D eigenvalue weighted by atomic mass is 10.8. The van der Waals surface area contributed by atoms with Crippen LogP contribution < -0.4 is 0 Å². The summed E-state index contributed by atoms with van der Waals surface area (Å²) < 4.78 is 0. The maximum atomic E-state index is 5.02. The predicted molar refractivity (Wildman–Crippen MR) is 28.6 cm³/mol. The average molecular weight is 107 g/mol. The van der Waals surface area contributed by atoms with Gasteiger partial charge < -0.3 is 0 Å². The van der Waals surface area contributed by atoms with E-state index in [1.807, 2.05) is 0 Å². The molecule has 0 heterocycles. The molecule has 0 radical (unpaired) electrons. The second-order valence-electron chi connectivity index (χ2n) is 0.455. The summed E-state index contributed by atoms with van der Waals surface area (Å²) in [6.45, 7) is 0. The zero-order valence-corrected chi connectivity index (χ0v) is 4.09. The summed E-state index contributed by atoms with van der Waals surface area (Å²) in [6, 6.07) is 0. The lowest BCUT2D eigenvalue weighted by Crippen LogP contribution is -1.42. The van der Waals surface area contributed by atoms with Crippen LogP contribution in [0.15, 0.2) is 11.6 Å². The molecule has 0 bridgehead atoms. The maximum Gasteiger partial charge on any atom is 0.00507 e. The normalized spacial score (nSPS) is 9.00. The highest BCUT2D eigenvalue weighted by atomic mass is 35.5. The van der Waals surface area contributed by atoms with Crippen molar-refractivity contribution in [3.05, 3.63) is 11.6 Å². The minimum absolute atomic E-state index is 1.37. The van der Waals surface area contributed by atoms with Gasteiger partial charge in [-0.2, -0.15) is 0 Å². The first-order valence-electron chi connectivity index (χ1n) is 1.12. The van der Waals surface area contributed by atoms with Crippen LogP contribution in [0, 0.1) is 0 Å². The van der Waals surface area contributed by atoms with Crippen LogP contribution in [0.5, 0.6) is 0 Å². The molecule has 0 aliphatic carbocycles. The summed E-state index contributed by atoms with van der Waals surface area (Å²) in [4.78, 5) is 0. The molecule has 0 aromatic carbocycles. The van der Waals surface area contributed by atoms with Gasteiger partial charge in [-0.25, -0.2) is 0 Å². The second kappa shape index (κ2) is 4.12. The molecule has 0 atom stereocenters. The molecule has 0 fully saturated rings. The number of allylic oxidation sites excluding steroid dienone is 1. The largest absolute Gasteiger partial charge is 0.0929 e. The number of hydrogen-bond acceptors (Lipinski definition) is 1. The van der Waals surface area contributed by atoms with Gasteiger partial charge in [-0.1, -0.05) is 23.8 Å². The number of rotatable bonds is 1. The van der Waals surface area contributed by atoms with E-state index in [1.54, 1.807) is 6.08 Å². The van der Waals surface area contributed by atoms with Gasteiger partial charge in [0.05, 0.1) is 0 Å². The molecule has 0 rings (SSSR count). The highest BCUT2D eigenvalue weighted by Crippen LogP contribution is 1.71. The molecule has 0 nitrogen and oxygen atoms in total. The summed E-state index contributed by atoms with van der Waals surface area (Å²) in [7, 11) is 0. The van der Waals surface area contributed by atoms with Crippen LogP contribution in [0.3, 0.4) is 0 Å². The van der Waals surface area contributed by atoms with Gasteiger partial charge in [0.1, 0.15) is 0 Å². The Morgan fingerprint density at radius 2 is 2.20 bits per heavy atom. The van der Waals surface area contributed by atoms with Gasteiger partial charge in [0.25, 0.3) is 0 Å². The van der Waals surface area contributed by atoms with E-state index in [-0.39, 0.29) is 0 Å². The van der Waals surface area contributed by atoms with E-state index in [4.69, 9.17) is 11.6 Å². The molecule has 0 saturated carbocycles. The van der Waals surface area contributed by atoms with E-state index in [9.17, 15) is 0 Å². The van der Waals surface area contributed by atoms with E-state index >= 15 is 0 Å². The zero-order valence-electron chi connectivity index (χ0n) is 2.52. The Balaban J connectivity index is 2.92. The van der Waals surface area contributed by atoms with E-state index in [1.165, 1.54) is 10.9 Å². The van der Waals surface area contributed by atoms with Crippen LogP contribution >= 0.6 is 23.8 Å². The smallest absolute Gasteiger partial charge is 0.00507 e. The quantitative estimate of drug-likeness (QED) is 0.363. The van der Waals surface area contributed by atoms with Crippen molar-refractivity contribution in [2.75, 3.05) is 0 Å². The van der Waals surface area contributed by atoms with E-state index in [0.29, 0.717) is 0 Å². The Labute approximate surface area is 41.4 Å². The molecular formula is C3H3ClS. The molecule has 0 aliphatic rings. The van der Waals surface area contributed by atoms with Gasteiger partial charge in [-0.05, 0) is 6.08 Å². The Hall–Kier alpha value is 0.120. The average Bonchev–Trinajstić information content (AvgIpc) is 1.41. The van der Waals surface area contributed by atoms with E-state index in [2.05, 4.69) is 12.2 Å². The summed E-state index contributed by atoms with van der Waals surface area (Å²) in [5, 5.41) is 1.45. The predicted octanol–water partition coefficient (Wildman–Crippen LogP) is 1.74. The first-order valence-corrected chi connectivity index (χ1v) is 2.03. The zero-order chi connectivity index (χ0) is 4.12. The molecule has 0 N–H and O–H groups in total. The van der Waals surface area contributed by atoms with Crippen molar-refractivity contribution in [3.8, 4) is 0 Å². The summed E-state index contributed by atoms with van der Waals surface area (Å²) in [6.07, 6.45) is 1.58. The topological polar surface area (TPSA) is 0 Å². The number of halogens is 1. The minimum atomic E-state index is 1.37. The molecule has 0 aromatic rings. The minimum Gasteiger partial charge on any atom is -0.0929 e. The Morgan fingerprint density at radius 3 is 2.20 bits per heavy atom. The van der Waals surface area contributed by atoms with Crippen LogP contribution in [-0.4, -0.2) is 5.37 Å². The molecule has 0 saturated heterocycles. The molecule has 0 aliphatic heterocycles. The highest BCUT2D eigenvalue weighted by molar-refractivity contribution is 7.79. The molecule has 0 aromatic heterocycles.